The van der Waals surface area contributed by atoms with Crippen LogP contribution in [0.4, 0.5) is 13.2 Å². The SMILES string of the molecule is CC(CC(=O)N(CCN)CCN)C(=O)NC(C(=O)NCc1ccc(S(O)(O)N2CCCCC2)cc1)C(O)c1ccc(C(F)(F)F)cc1. The summed E-state index contributed by atoms with van der Waals surface area (Å²) in [6, 6.07) is 8.24. The number of rotatable bonds is 15. The van der Waals surface area contributed by atoms with Gasteiger partial charge >= 0.3 is 6.18 Å². The molecule has 1 aliphatic rings. The standard InChI is InChI=1S/C31H45F3N6O6S/c1-21(19-26(41)39(17-13-35)18-14-36)29(43)38-27(28(42)23-7-9-24(10-8-23)31(32,33)34)30(44)37-20-22-5-11-25(12-6-22)47(45,46)40-15-3-2-4-16-40/h5-12,21,27-28,42,45-46H,2-4,13-20,35-36H2,1H3,(H,37,44)(H,38,43). The highest BCUT2D eigenvalue weighted by Crippen LogP contribution is 2.52. The summed E-state index contributed by atoms with van der Waals surface area (Å²) in [4.78, 5) is 41.1. The molecular formula is C31H45F3N6O6S. The number of carbonyl (C=O) groups is 3. The fourth-order valence-electron chi connectivity index (χ4n) is 5.16. The van der Waals surface area contributed by atoms with Crippen LogP contribution in [-0.2, 0) is 27.1 Å². The van der Waals surface area contributed by atoms with Crippen molar-refractivity contribution in [2.45, 2.75) is 62.4 Å². The zero-order valence-corrected chi connectivity index (χ0v) is 27.1. The van der Waals surface area contributed by atoms with Gasteiger partial charge in [0, 0.05) is 58.2 Å². The molecule has 1 fully saturated rings. The van der Waals surface area contributed by atoms with Crippen LogP contribution < -0.4 is 22.1 Å². The number of hydrogen-bond acceptors (Lipinski definition) is 9. The summed E-state index contributed by atoms with van der Waals surface area (Å²) in [6.07, 6.45) is -3.83. The van der Waals surface area contributed by atoms with Gasteiger partial charge in [0.1, 0.15) is 12.1 Å². The number of nitrogens with one attached hydrogen (secondary N) is 2. The average Bonchev–Trinajstić information content (AvgIpc) is 3.05. The lowest BCUT2D eigenvalue weighted by Crippen LogP contribution is -2.51. The molecule has 9 N–H and O–H groups in total. The number of carbonyl (C=O) groups excluding carboxylic acids is 3. The predicted molar refractivity (Wildman–Crippen MR) is 172 cm³/mol. The first-order valence-electron chi connectivity index (χ1n) is 15.4. The lowest BCUT2D eigenvalue weighted by Gasteiger charge is -2.44. The van der Waals surface area contributed by atoms with Crippen LogP contribution in [0.25, 0.3) is 0 Å². The van der Waals surface area contributed by atoms with Crippen LogP contribution in [0.15, 0.2) is 53.4 Å². The van der Waals surface area contributed by atoms with Crippen LogP contribution in [0.1, 0.15) is 55.4 Å². The van der Waals surface area contributed by atoms with E-state index in [1.54, 1.807) is 28.6 Å². The van der Waals surface area contributed by atoms with Crippen LogP contribution in [0.5, 0.6) is 0 Å². The molecule has 3 rings (SSSR count). The van der Waals surface area contributed by atoms with Gasteiger partial charge in [-0.2, -0.15) is 13.2 Å². The number of alkyl halides is 3. The molecule has 12 nitrogen and oxygen atoms in total. The fraction of sp³-hybridized carbons (Fsp3) is 0.516. The number of aliphatic hydroxyl groups excluding tert-OH is 1. The molecule has 0 spiro atoms. The van der Waals surface area contributed by atoms with E-state index in [1.165, 1.54) is 11.8 Å². The zero-order chi connectivity index (χ0) is 34.8. The third kappa shape index (κ3) is 10.6. The molecule has 0 aromatic heterocycles. The Labute approximate surface area is 274 Å². The van der Waals surface area contributed by atoms with E-state index in [0.717, 1.165) is 43.5 Å². The largest absolute Gasteiger partial charge is 0.416 e. The maximum atomic E-state index is 13.4. The van der Waals surface area contributed by atoms with Gasteiger partial charge in [0.15, 0.2) is 0 Å². The highest BCUT2D eigenvalue weighted by Gasteiger charge is 2.34. The first-order chi connectivity index (χ1) is 22.2. The molecular weight excluding hydrogens is 641 g/mol. The summed E-state index contributed by atoms with van der Waals surface area (Å²) in [6.45, 7) is 3.39. The summed E-state index contributed by atoms with van der Waals surface area (Å²) >= 11 is 0. The van der Waals surface area contributed by atoms with E-state index < -0.39 is 52.4 Å². The average molecular weight is 687 g/mol. The maximum absolute atomic E-state index is 13.4. The van der Waals surface area contributed by atoms with E-state index >= 15 is 0 Å². The molecule has 1 saturated heterocycles. The molecule has 47 heavy (non-hydrogen) atoms. The first-order valence-corrected chi connectivity index (χ1v) is 16.9. The second kappa shape index (κ2) is 17.2. The predicted octanol–water partition coefficient (Wildman–Crippen LogP) is 2.82. The third-order valence-corrected chi connectivity index (χ3v) is 9.93. The highest BCUT2D eigenvalue weighted by molar-refractivity contribution is 8.22. The van der Waals surface area contributed by atoms with E-state index in [9.17, 15) is 41.8 Å². The quantitative estimate of drug-likeness (QED) is 0.148. The molecule has 1 heterocycles. The Balaban J connectivity index is 1.75. The number of nitrogens with zero attached hydrogens (tertiary/aromatic N) is 2. The molecule has 3 unspecified atom stereocenters. The number of nitrogens with two attached hydrogens (primary N) is 2. The van der Waals surface area contributed by atoms with Gasteiger partial charge in [0.2, 0.25) is 17.7 Å². The lowest BCUT2D eigenvalue weighted by atomic mass is 9.98. The van der Waals surface area contributed by atoms with Gasteiger partial charge in [0.05, 0.1) is 10.5 Å². The Bertz CT molecular complexity index is 1320. The van der Waals surface area contributed by atoms with Gasteiger partial charge < -0.3 is 32.1 Å². The second-order valence-electron chi connectivity index (χ2n) is 11.5. The van der Waals surface area contributed by atoms with Crippen molar-refractivity contribution in [3.05, 3.63) is 65.2 Å². The summed E-state index contributed by atoms with van der Waals surface area (Å²) in [5.41, 5.74) is 10.7. The number of amides is 3. The molecule has 2 aromatic carbocycles. The van der Waals surface area contributed by atoms with Crippen molar-refractivity contribution in [2.75, 3.05) is 39.3 Å². The van der Waals surface area contributed by atoms with E-state index in [1.807, 2.05) is 0 Å². The minimum Gasteiger partial charge on any atom is -0.386 e. The topological polar surface area (TPSA) is 194 Å². The zero-order valence-electron chi connectivity index (χ0n) is 26.3. The minimum absolute atomic E-state index is 0.0495. The maximum Gasteiger partial charge on any atom is 0.416 e. The Morgan fingerprint density at radius 2 is 1.51 bits per heavy atom. The van der Waals surface area contributed by atoms with Gasteiger partial charge in [-0.15, -0.1) is 10.8 Å². The molecule has 16 heteroatoms. The van der Waals surface area contributed by atoms with Gasteiger partial charge in [-0.1, -0.05) is 37.6 Å². The normalized spacial score (nSPS) is 16.5. The number of aliphatic hydroxyl groups is 1. The molecule has 0 saturated carbocycles. The number of benzene rings is 2. The first kappa shape index (κ1) is 38.2. The van der Waals surface area contributed by atoms with Crippen LogP contribution in [-0.4, -0.2) is 86.4 Å². The molecule has 2 aromatic rings. The van der Waals surface area contributed by atoms with Crippen molar-refractivity contribution in [3.63, 3.8) is 0 Å². The number of piperidine rings is 1. The Hall–Kier alpha value is -3.25. The molecule has 3 atom stereocenters. The molecule has 1 aliphatic heterocycles. The van der Waals surface area contributed by atoms with Gasteiger partial charge in [-0.05, 0) is 48.2 Å². The monoisotopic (exact) mass is 686 g/mol. The second-order valence-corrected chi connectivity index (χ2v) is 13.5. The van der Waals surface area contributed by atoms with Crippen molar-refractivity contribution in [3.8, 4) is 0 Å². The minimum atomic E-state index is -4.62. The molecule has 3 amide bonds. The molecule has 0 aliphatic carbocycles. The lowest BCUT2D eigenvalue weighted by molar-refractivity contribution is -0.138. The van der Waals surface area contributed by atoms with Gasteiger partial charge in [-0.3, -0.25) is 23.5 Å². The molecule has 0 bridgehead atoms. The van der Waals surface area contributed by atoms with Gasteiger partial charge in [0.25, 0.3) is 0 Å². The van der Waals surface area contributed by atoms with E-state index in [4.69, 9.17) is 11.5 Å². The third-order valence-electron chi connectivity index (χ3n) is 7.94. The summed E-state index contributed by atoms with van der Waals surface area (Å²) in [5.74, 6) is -2.90. The van der Waals surface area contributed by atoms with Gasteiger partial charge in [-0.25, -0.2) is 4.31 Å². The van der Waals surface area contributed by atoms with Crippen LogP contribution in [0.3, 0.4) is 0 Å². The number of hydrogen-bond donors (Lipinski definition) is 7. The van der Waals surface area contributed by atoms with Crippen LogP contribution >= 0.6 is 10.8 Å². The Morgan fingerprint density at radius 1 is 0.936 bits per heavy atom. The summed E-state index contributed by atoms with van der Waals surface area (Å²) in [5, 5.41) is 16.2. The van der Waals surface area contributed by atoms with Crippen molar-refractivity contribution in [2.24, 2.45) is 17.4 Å². The summed E-state index contributed by atoms with van der Waals surface area (Å²) < 4.78 is 62.6. The smallest absolute Gasteiger partial charge is 0.386 e. The number of halogens is 3. The Kier molecular flexibility index (Phi) is 14.0. The van der Waals surface area contributed by atoms with Crippen LogP contribution in [0, 0.1) is 5.92 Å². The van der Waals surface area contributed by atoms with E-state index in [-0.39, 0.29) is 50.6 Å². The molecule has 262 valence electrons. The van der Waals surface area contributed by atoms with Crippen molar-refractivity contribution in [1.82, 2.24) is 19.8 Å². The summed E-state index contributed by atoms with van der Waals surface area (Å²) in [7, 11) is -3.16. The van der Waals surface area contributed by atoms with Crippen molar-refractivity contribution < 1.29 is 41.8 Å². The van der Waals surface area contributed by atoms with Crippen molar-refractivity contribution in [1.29, 1.82) is 0 Å². The Morgan fingerprint density at radius 3 is 2.04 bits per heavy atom. The van der Waals surface area contributed by atoms with E-state index in [2.05, 4.69) is 10.6 Å². The molecule has 0 radical (unpaired) electrons. The van der Waals surface area contributed by atoms with Crippen molar-refractivity contribution >= 4 is 28.5 Å². The van der Waals surface area contributed by atoms with E-state index in [0.29, 0.717) is 23.5 Å². The fourth-order valence-corrected chi connectivity index (χ4v) is 6.73. The highest BCUT2D eigenvalue weighted by atomic mass is 32.3. The van der Waals surface area contributed by atoms with Crippen LogP contribution in [0.2, 0.25) is 0 Å².